The number of hydrogen-bond acceptors (Lipinski definition) is 7. The fourth-order valence-electron chi connectivity index (χ4n) is 7.77. The van der Waals surface area contributed by atoms with E-state index in [2.05, 4.69) is 51.1 Å². The summed E-state index contributed by atoms with van der Waals surface area (Å²) in [5, 5.41) is 2.17. The van der Waals surface area contributed by atoms with Crippen LogP contribution in [0.25, 0.3) is 10.9 Å². The first kappa shape index (κ1) is 31.1. The lowest BCUT2D eigenvalue weighted by Crippen LogP contribution is -2.51. The van der Waals surface area contributed by atoms with Crippen molar-refractivity contribution in [1.82, 2.24) is 24.7 Å². The van der Waals surface area contributed by atoms with Gasteiger partial charge in [0.2, 0.25) is 0 Å². The van der Waals surface area contributed by atoms with E-state index in [1.54, 1.807) is 0 Å². The summed E-state index contributed by atoms with van der Waals surface area (Å²) in [6.45, 7) is 8.29. The molecule has 4 fully saturated rings. The minimum Gasteiger partial charge on any atom is -0.368 e. The van der Waals surface area contributed by atoms with Crippen LogP contribution in [0.3, 0.4) is 0 Å². The number of fused-ring (bicyclic) bond motifs is 1. The highest BCUT2D eigenvalue weighted by Crippen LogP contribution is 2.40. The molecule has 2 aromatic carbocycles. The van der Waals surface area contributed by atoms with Gasteiger partial charge in [0.1, 0.15) is 17.7 Å². The number of ether oxygens (including phenoxy) is 1. The predicted molar refractivity (Wildman–Crippen MR) is 180 cm³/mol. The van der Waals surface area contributed by atoms with E-state index < -0.39 is 0 Å². The van der Waals surface area contributed by atoms with E-state index >= 15 is 0 Å². The number of aromatic nitrogens is 2. The van der Waals surface area contributed by atoms with Gasteiger partial charge in [-0.1, -0.05) is 35.9 Å². The van der Waals surface area contributed by atoms with Crippen LogP contribution in [0, 0.1) is 5.92 Å². The van der Waals surface area contributed by atoms with Crippen LogP contribution < -0.4 is 4.90 Å². The molecule has 1 aliphatic carbocycles. The molecule has 10 heteroatoms. The van der Waals surface area contributed by atoms with Crippen LogP contribution in [-0.2, 0) is 16.1 Å². The SMILES string of the molecule is O=C(C1CCCO1)N1CCN(c2nc(CN3CCN(C(c4ccc(Cl)cc4)C4CCC(Cl)CC4)CC3)nc3ccccc23)CC1. The minimum atomic E-state index is -0.259. The normalized spacial score (nSPS) is 26.0. The Balaban J connectivity index is 1.02. The highest BCUT2D eigenvalue weighted by molar-refractivity contribution is 6.30. The molecule has 3 aliphatic heterocycles. The number of halogens is 2. The Morgan fingerprint density at radius 1 is 0.867 bits per heavy atom. The average molecular weight is 652 g/mol. The van der Waals surface area contributed by atoms with Crippen LogP contribution in [-0.4, -0.2) is 101 Å². The molecule has 4 aliphatic rings. The third-order valence-corrected chi connectivity index (χ3v) is 10.9. The van der Waals surface area contributed by atoms with Gasteiger partial charge in [-0.25, -0.2) is 9.97 Å². The largest absolute Gasteiger partial charge is 0.368 e. The van der Waals surface area contributed by atoms with Crippen molar-refractivity contribution in [3.05, 3.63) is 64.9 Å². The quantitative estimate of drug-likeness (QED) is 0.301. The van der Waals surface area contributed by atoms with Gasteiger partial charge in [0.05, 0.1) is 12.1 Å². The van der Waals surface area contributed by atoms with E-state index in [9.17, 15) is 4.79 Å². The van der Waals surface area contributed by atoms with Gasteiger partial charge >= 0.3 is 0 Å². The molecular weight excluding hydrogens is 607 g/mol. The van der Waals surface area contributed by atoms with Gasteiger partial charge in [0, 0.05) is 80.8 Å². The number of anilines is 1. The Labute approximate surface area is 276 Å². The van der Waals surface area contributed by atoms with Gasteiger partial charge in [-0.05, 0) is 74.3 Å². The van der Waals surface area contributed by atoms with E-state index in [1.807, 2.05) is 17.0 Å². The zero-order valence-corrected chi connectivity index (χ0v) is 27.5. The molecule has 0 bridgehead atoms. The maximum absolute atomic E-state index is 12.9. The molecule has 0 spiro atoms. The molecule has 2 atom stereocenters. The van der Waals surface area contributed by atoms with Crippen molar-refractivity contribution < 1.29 is 9.53 Å². The number of carbonyl (C=O) groups is 1. The monoisotopic (exact) mass is 650 g/mol. The average Bonchev–Trinajstić information content (AvgIpc) is 3.62. The summed E-state index contributed by atoms with van der Waals surface area (Å²) in [5.74, 6) is 2.60. The van der Waals surface area contributed by atoms with E-state index in [-0.39, 0.29) is 12.0 Å². The van der Waals surface area contributed by atoms with Crippen molar-refractivity contribution in [2.75, 3.05) is 63.9 Å². The van der Waals surface area contributed by atoms with Crippen LogP contribution in [0.2, 0.25) is 5.02 Å². The summed E-state index contributed by atoms with van der Waals surface area (Å²) in [7, 11) is 0. The fraction of sp³-hybridized carbons (Fsp3) is 0.571. The molecule has 8 nitrogen and oxygen atoms in total. The van der Waals surface area contributed by atoms with E-state index in [0.29, 0.717) is 37.0 Å². The number of para-hydroxylation sites is 1. The number of nitrogens with zero attached hydrogens (tertiary/aromatic N) is 6. The molecule has 0 radical (unpaired) electrons. The molecule has 45 heavy (non-hydrogen) atoms. The number of benzene rings is 2. The molecule has 3 saturated heterocycles. The zero-order chi connectivity index (χ0) is 30.8. The summed E-state index contributed by atoms with van der Waals surface area (Å²) < 4.78 is 5.66. The van der Waals surface area contributed by atoms with Crippen LogP contribution in [0.5, 0.6) is 0 Å². The lowest BCUT2D eigenvalue weighted by atomic mass is 9.80. The molecule has 3 aromatic rings. The topological polar surface area (TPSA) is 65.0 Å². The van der Waals surface area contributed by atoms with Gasteiger partial charge in [-0.15, -0.1) is 11.6 Å². The van der Waals surface area contributed by atoms with Crippen molar-refractivity contribution >= 4 is 45.8 Å². The molecular formula is C35H44Cl2N6O2. The number of amides is 1. The molecule has 1 aromatic heterocycles. The Morgan fingerprint density at radius 2 is 1.60 bits per heavy atom. The Kier molecular flexibility index (Phi) is 9.75. The Morgan fingerprint density at radius 3 is 2.31 bits per heavy atom. The first-order valence-electron chi connectivity index (χ1n) is 16.8. The van der Waals surface area contributed by atoms with Crippen LogP contribution in [0.15, 0.2) is 48.5 Å². The van der Waals surface area contributed by atoms with Crippen molar-refractivity contribution in [1.29, 1.82) is 0 Å². The van der Waals surface area contributed by atoms with Gasteiger partial charge in [0.15, 0.2) is 0 Å². The van der Waals surface area contributed by atoms with E-state index in [0.717, 1.165) is 99.1 Å². The summed E-state index contributed by atoms with van der Waals surface area (Å²) in [4.78, 5) is 32.6. The number of hydrogen-bond donors (Lipinski definition) is 0. The summed E-state index contributed by atoms with van der Waals surface area (Å²) in [6, 6.07) is 17.2. The van der Waals surface area contributed by atoms with Gasteiger partial charge in [-0.2, -0.15) is 0 Å². The van der Waals surface area contributed by atoms with E-state index in [1.165, 1.54) is 18.4 Å². The van der Waals surface area contributed by atoms with Crippen LogP contribution in [0.4, 0.5) is 5.82 Å². The van der Waals surface area contributed by atoms with Gasteiger partial charge < -0.3 is 14.5 Å². The molecule has 2 unspecified atom stereocenters. The summed E-state index contributed by atoms with van der Waals surface area (Å²) >= 11 is 12.8. The van der Waals surface area contributed by atoms with Crippen LogP contribution in [0.1, 0.15) is 56.0 Å². The predicted octanol–water partition coefficient (Wildman–Crippen LogP) is 5.77. The minimum absolute atomic E-state index is 0.143. The second kappa shape index (κ2) is 14.1. The maximum Gasteiger partial charge on any atom is 0.251 e. The number of alkyl halides is 1. The first-order chi connectivity index (χ1) is 22.0. The Hall–Kier alpha value is -2.49. The zero-order valence-electron chi connectivity index (χ0n) is 26.0. The second-order valence-electron chi connectivity index (χ2n) is 13.1. The standard InChI is InChI=1S/C35H44Cl2N6O2/c36-27-11-7-25(8-12-27)33(26-9-13-28(37)14-10-26)41-17-15-40(16-18-41)24-32-38-30-5-2-1-4-29(30)34(39-32)42-19-21-43(22-20-42)35(44)31-6-3-23-45-31/h1-2,4-5,7-8,11-12,26,28,31,33H,3,6,9-10,13-24H2. The molecule has 0 N–H and O–H groups in total. The van der Waals surface area contributed by atoms with Crippen molar-refractivity contribution in [2.45, 2.75) is 62.6 Å². The summed E-state index contributed by atoms with van der Waals surface area (Å²) in [5.41, 5.74) is 2.35. The fourth-order valence-corrected chi connectivity index (χ4v) is 8.15. The lowest BCUT2D eigenvalue weighted by molar-refractivity contribution is -0.141. The van der Waals surface area contributed by atoms with E-state index in [4.69, 9.17) is 37.9 Å². The lowest BCUT2D eigenvalue weighted by Gasteiger charge is -2.44. The number of piperazine rings is 2. The smallest absolute Gasteiger partial charge is 0.251 e. The van der Waals surface area contributed by atoms with Crippen molar-refractivity contribution in [3.8, 4) is 0 Å². The molecule has 1 saturated carbocycles. The molecule has 4 heterocycles. The highest BCUT2D eigenvalue weighted by atomic mass is 35.5. The summed E-state index contributed by atoms with van der Waals surface area (Å²) in [6.07, 6.45) is 6.09. The molecule has 1 amide bonds. The highest BCUT2D eigenvalue weighted by Gasteiger charge is 2.34. The van der Waals surface area contributed by atoms with Gasteiger partial charge in [-0.3, -0.25) is 14.6 Å². The maximum atomic E-state index is 12.9. The number of rotatable bonds is 7. The van der Waals surface area contributed by atoms with Crippen LogP contribution >= 0.6 is 23.2 Å². The molecule has 240 valence electrons. The molecule has 7 rings (SSSR count). The van der Waals surface area contributed by atoms with Crippen molar-refractivity contribution in [2.24, 2.45) is 5.92 Å². The third kappa shape index (κ3) is 7.10. The third-order valence-electron chi connectivity index (χ3n) is 10.3. The Bertz CT molecular complexity index is 1440. The first-order valence-corrected chi connectivity index (χ1v) is 17.6. The number of carbonyl (C=O) groups excluding carboxylic acids is 1. The van der Waals surface area contributed by atoms with Crippen molar-refractivity contribution in [3.63, 3.8) is 0 Å². The second-order valence-corrected chi connectivity index (χ2v) is 14.2. The van der Waals surface area contributed by atoms with Gasteiger partial charge in [0.25, 0.3) is 5.91 Å².